The molecule has 122 valence electrons. The van der Waals surface area contributed by atoms with Gasteiger partial charge in [-0.15, -0.1) is 6.42 Å². The average Bonchev–Trinajstić information content (AvgIpc) is 2.95. The zero-order valence-electron chi connectivity index (χ0n) is 12.0. The first-order valence-electron chi connectivity index (χ1n) is 6.75. The smallest absolute Gasteiger partial charge is 0.263 e. The van der Waals surface area contributed by atoms with Crippen LogP contribution in [0.15, 0.2) is 11.0 Å². The van der Waals surface area contributed by atoms with Crippen molar-refractivity contribution < 1.29 is 24.4 Å². The zero-order chi connectivity index (χ0) is 16.9. The van der Waals surface area contributed by atoms with Crippen molar-refractivity contribution in [2.24, 2.45) is 0 Å². The molecule has 8 nitrogen and oxygen atoms in total. The molecular weight excluding hydrogens is 309 g/mol. The van der Waals surface area contributed by atoms with Crippen molar-refractivity contribution in [1.29, 1.82) is 0 Å². The minimum absolute atomic E-state index is 0.0896. The Hall–Kier alpha value is -2.25. The lowest BCUT2D eigenvalue weighted by atomic mass is 9.95. The van der Waals surface area contributed by atoms with Crippen LogP contribution >= 0.6 is 0 Å². The maximum Gasteiger partial charge on any atom is 0.263 e. The van der Waals surface area contributed by atoms with Crippen molar-refractivity contribution in [3.63, 3.8) is 0 Å². The van der Waals surface area contributed by atoms with Crippen molar-refractivity contribution in [2.45, 2.75) is 31.0 Å². The first kappa shape index (κ1) is 15.6. The number of hydrogen-bond donors (Lipinski definition) is 4. The molecule has 1 fully saturated rings. The topological polar surface area (TPSA) is 121 Å². The van der Waals surface area contributed by atoms with Gasteiger partial charge in [-0.3, -0.25) is 9.36 Å². The quantitative estimate of drug-likeness (QED) is 0.515. The third-order valence-electron chi connectivity index (χ3n) is 3.90. The lowest BCUT2D eigenvalue weighted by Gasteiger charge is -2.26. The van der Waals surface area contributed by atoms with E-state index in [-0.39, 0.29) is 16.9 Å². The highest BCUT2D eigenvalue weighted by molar-refractivity contribution is 5.76. The standard InChI is InChI=1S/C14H14FN3O5/c1-3-14(22)10(20)8(5-19)23-13(14)18-4-7(15)9-11(18)16-6(2)17-12(9)21/h1,4,8,10,13,19-20,22H,5H2,2H3,(H,16,17,21)/t8-,10+,13-,14?/m1/s1. The fourth-order valence-corrected chi connectivity index (χ4v) is 2.75. The molecule has 3 heterocycles. The van der Waals surface area contributed by atoms with Crippen molar-refractivity contribution in [3.8, 4) is 12.3 Å². The second-order valence-electron chi connectivity index (χ2n) is 5.36. The van der Waals surface area contributed by atoms with Crippen molar-refractivity contribution in [1.82, 2.24) is 14.5 Å². The molecule has 0 aromatic carbocycles. The number of halogens is 1. The Morgan fingerprint density at radius 1 is 1.65 bits per heavy atom. The fraction of sp³-hybridized carbons (Fsp3) is 0.429. The number of nitrogens with zero attached hydrogens (tertiary/aromatic N) is 2. The molecule has 2 aromatic heterocycles. The van der Waals surface area contributed by atoms with E-state index in [4.69, 9.17) is 11.2 Å². The largest absolute Gasteiger partial charge is 0.394 e. The molecule has 23 heavy (non-hydrogen) atoms. The van der Waals surface area contributed by atoms with Gasteiger partial charge in [0.1, 0.15) is 23.4 Å². The van der Waals surface area contributed by atoms with Crippen LogP contribution in [-0.4, -0.2) is 54.3 Å². The van der Waals surface area contributed by atoms with Crippen LogP contribution in [0.3, 0.4) is 0 Å². The van der Waals surface area contributed by atoms with Gasteiger partial charge < -0.3 is 25.0 Å². The summed E-state index contributed by atoms with van der Waals surface area (Å²) in [5.41, 5.74) is -3.00. The second-order valence-corrected chi connectivity index (χ2v) is 5.36. The van der Waals surface area contributed by atoms with Crippen LogP contribution in [-0.2, 0) is 4.74 Å². The van der Waals surface area contributed by atoms with Gasteiger partial charge >= 0.3 is 0 Å². The van der Waals surface area contributed by atoms with Gasteiger partial charge in [-0.1, -0.05) is 5.92 Å². The summed E-state index contributed by atoms with van der Waals surface area (Å²) >= 11 is 0. The van der Waals surface area contributed by atoms with E-state index >= 15 is 0 Å². The number of aliphatic hydroxyl groups excluding tert-OH is 2. The number of aromatic nitrogens is 3. The Kier molecular flexibility index (Phi) is 3.50. The van der Waals surface area contributed by atoms with Crippen molar-refractivity contribution in [2.75, 3.05) is 6.61 Å². The number of aromatic amines is 1. The van der Waals surface area contributed by atoms with Crippen LogP contribution in [0.5, 0.6) is 0 Å². The number of rotatable bonds is 2. The molecular formula is C14H14FN3O5. The molecule has 1 aliphatic heterocycles. The van der Waals surface area contributed by atoms with E-state index in [2.05, 4.69) is 9.97 Å². The number of aliphatic hydroxyl groups is 3. The minimum atomic E-state index is -2.22. The van der Waals surface area contributed by atoms with Crippen molar-refractivity contribution >= 4 is 11.0 Å². The molecule has 2 aromatic rings. The highest BCUT2D eigenvalue weighted by Gasteiger charge is 2.55. The van der Waals surface area contributed by atoms with Crippen LogP contribution < -0.4 is 5.56 Å². The van der Waals surface area contributed by atoms with E-state index < -0.39 is 42.0 Å². The molecule has 0 spiro atoms. The highest BCUT2D eigenvalue weighted by atomic mass is 19.1. The summed E-state index contributed by atoms with van der Waals surface area (Å²) in [5.74, 6) is 1.37. The third kappa shape index (κ3) is 2.08. The Labute approximate surface area is 129 Å². The number of fused-ring (bicyclic) bond motifs is 1. The predicted molar refractivity (Wildman–Crippen MR) is 75.8 cm³/mol. The molecule has 0 bridgehead atoms. The number of hydrogen-bond acceptors (Lipinski definition) is 6. The average molecular weight is 323 g/mol. The Balaban J connectivity index is 2.25. The normalized spacial score (nSPS) is 30.7. The van der Waals surface area contributed by atoms with Crippen LogP contribution in [0.4, 0.5) is 4.39 Å². The van der Waals surface area contributed by atoms with Gasteiger partial charge in [-0.05, 0) is 6.92 Å². The number of terminal acetylenes is 1. The number of ether oxygens (including phenoxy) is 1. The van der Waals surface area contributed by atoms with Crippen LogP contribution in [0.2, 0.25) is 0 Å². The summed E-state index contributed by atoms with van der Waals surface area (Å²) in [6, 6.07) is 0. The van der Waals surface area contributed by atoms with Gasteiger partial charge in [0.05, 0.1) is 6.61 Å². The molecule has 1 saturated heterocycles. The fourth-order valence-electron chi connectivity index (χ4n) is 2.75. The number of nitrogens with one attached hydrogen (secondary N) is 1. The Bertz CT molecular complexity index is 870. The molecule has 0 amide bonds. The van der Waals surface area contributed by atoms with E-state index in [9.17, 15) is 24.5 Å². The Morgan fingerprint density at radius 3 is 2.96 bits per heavy atom. The molecule has 0 aliphatic carbocycles. The van der Waals surface area contributed by atoms with E-state index in [0.717, 1.165) is 10.8 Å². The monoisotopic (exact) mass is 323 g/mol. The SMILES string of the molecule is C#CC1(O)[C@@H](O)[C@@H](CO)O[C@H]1n1cc(F)c2c(=O)[nH]c(C)nc21. The van der Waals surface area contributed by atoms with Crippen LogP contribution in [0.25, 0.3) is 11.0 Å². The summed E-state index contributed by atoms with van der Waals surface area (Å²) in [4.78, 5) is 18.3. The van der Waals surface area contributed by atoms with Gasteiger partial charge in [0.15, 0.2) is 23.3 Å². The highest BCUT2D eigenvalue weighted by Crippen LogP contribution is 2.39. The molecule has 3 rings (SSSR count). The zero-order valence-corrected chi connectivity index (χ0v) is 12.0. The summed E-state index contributed by atoms with van der Waals surface area (Å²) in [7, 11) is 0. The molecule has 1 unspecified atom stereocenters. The van der Waals surface area contributed by atoms with Crippen LogP contribution in [0, 0.1) is 25.1 Å². The first-order chi connectivity index (χ1) is 10.8. The molecule has 9 heteroatoms. The molecule has 4 atom stereocenters. The van der Waals surface area contributed by atoms with Gasteiger partial charge in [0, 0.05) is 6.20 Å². The second kappa shape index (κ2) is 5.14. The minimum Gasteiger partial charge on any atom is -0.394 e. The number of H-pyrrole nitrogens is 1. The van der Waals surface area contributed by atoms with Gasteiger partial charge in [-0.2, -0.15) is 0 Å². The van der Waals surface area contributed by atoms with E-state index in [1.165, 1.54) is 6.92 Å². The molecule has 0 radical (unpaired) electrons. The lowest BCUT2D eigenvalue weighted by molar-refractivity contribution is -0.0720. The van der Waals surface area contributed by atoms with Crippen LogP contribution in [0.1, 0.15) is 12.1 Å². The molecule has 4 N–H and O–H groups in total. The summed E-state index contributed by atoms with van der Waals surface area (Å²) < 4.78 is 20.5. The lowest BCUT2D eigenvalue weighted by Crippen LogP contribution is -2.45. The van der Waals surface area contributed by atoms with E-state index in [1.807, 2.05) is 5.92 Å². The predicted octanol–water partition coefficient (Wildman–Crippen LogP) is -1.21. The van der Waals surface area contributed by atoms with Gasteiger partial charge in [0.2, 0.25) is 0 Å². The van der Waals surface area contributed by atoms with E-state index in [0.29, 0.717) is 0 Å². The maximum absolute atomic E-state index is 14.1. The Morgan fingerprint density at radius 2 is 2.35 bits per heavy atom. The van der Waals surface area contributed by atoms with Gasteiger partial charge in [-0.25, -0.2) is 9.37 Å². The summed E-state index contributed by atoms with van der Waals surface area (Å²) in [6.45, 7) is 0.903. The molecule has 0 saturated carbocycles. The summed E-state index contributed by atoms with van der Waals surface area (Å²) in [5, 5.41) is 29.5. The maximum atomic E-state index is 14.1. The van der Waals surface area contributed by atoms with E-state index in [1.54, 1.807) is 0 Å². The van der Waals surface area contributed by atoms with Crippen molar-refractivity contribution in [3.05, 3.63) is 28.2 Å². The molecule has 1 aliphatic rings. The summed E-state index contributed by atoms with van der Waals surface area (Å²) in [6.07, 6.45) is 2.04. The number of aryl methyl sites for hydroxylation is 1. The van der Waals surface area contributed by atoms with Gasteiger partial charge in [0.25, 0.3) is 5.56 Å². The first-order valence-corrected chi connectivity index (χ1v) is 6.75. The third-order valence-corrected chi connectivity index (χ3v) is 3.90.